The quantitative estimate of drug-likeness (QED) is 0.809. The zero-order valence-electron chi connectivity index (χ0n) is 8.64. The predicted molar refractivity (Wildman–Crippen MR) is 68.0 cm³/mol. The van der Waals surface area contributed by atoms with Gasteiger partial charge in [0.2, 0.25) is 0 Å². The lowest BCUT2D eigenvalue weighted by atomic mass is 10.0. The van der Waals surface area contributed by atoms with Crippen molar-refractivity contribution in [3.8, 4) is 0 Å². The second kappa shape index (κ2) is 5.14. The third kappa shape index (κ3) is 4.98. The first kappa shape index (κ1) is 12.0. The van der Waals surface area contributed by atoms with Gasteiger partial charge in [-0.15, -0.1) is 11.3 Å². The highest BCUT2D eigenvalue weighted by molar-refractivity contribution is 9.10. The molecule has 0 radical (unpaired) electrons. The summed E-state index contributed by atoms with van der Waals surface area (Å²) in [5.41, 5.74) is 5.84. The van der Waals surface area contributed by atoms with Gasteiger partial charge in [-0.25, -0.2) is 0 Å². The maximum Gasteiger partial charge on any atom is 0.0894 e. The molecule has 0 aliphatic rings. The van der Waals surface area contributed by atoms with E-state index in [9.17, 15) is 0 Å². The first-order valence-electron chi connectivity index (χ1n) is 4.74. The molecule has 0 aromatic carbocycles. The Morgan fingerprint density at radius 3 is 2.79 bits per heavy atom. The SMILES string of the molecule is CC(C)(N)CCCNc1cc(Br)cs1. The Morgan fingerprint density at radius 2 is 2.29 bits per heavy atom. The molecule has 0 spiro atoms. The molecule has 0 aliphatic carbocycles. The van der Waals surface area contributed by atoms with E-state index in [1.807, 2.05) is 0 Å². The minimum absolute atomic E-state index is 0.0439. The largest absolute Gasteiger partial charge is 0.377 e. The molecular weight excluding hydrogens is 260 g/mol. The first-order valence-corrected chi connectivity index (χ1v) is 6.41. The van der Waals surface area contributed by atoms with Crippen LogP contribution in [0.1, 0.15) is 26.7 Å². The summed E-state index contributed by atoms with van der Waals surface area (Å²) in [6.07, 6.45) is 2.16. The molecule has 0 unspecified atom stereocenters. The average Bonchev–Trinajstić information content (AvgIpc) is 2.44. The highest BCUT2D eigenvalue weighted by atomic mass is 79.9. The highest BCUT2D eigenvalue weighted by Gasteiger charge is 2.09. The van der Waals surface area contributed by atoms with Gasteiger partial charge in [-0.1, -0.05) is 0 Å². The summed E-state index contributed by atoms with van der Waals surface area (Å²) in [4.78, 5) is 0. The van der Waals surface area contributed by atoms with Crippen molar-refractivity contribution in [1.29, 1.82) is 0 Å². The van der Waals surface area contributed by atoms with Crippen LogP contribution >= 0.6 is 27.3 Å². The van der Waals surface area contributed by atoms with Crippen LogP contribution in [0.5, 0.6) is 0 Å². The Kier molecular flexibility index (Phi) is 4.41. The van der Waals surface area contributed by atoms with E-state index >= 15 is 0 Å². The standard InChI is InChI=1S/C10H17BrN2S/c1-10(2,12)4-3-5-13-9-6-8(11)7-14-9/h6-7,13H,3-5,12H2,1-2H3. The van der Waals surface area contributed by atoms with Crippen LogP contribution in [0.3, 0.4) is 0 Å². The van der Waals surface area contributed by atoms with Crippen LogP contribution in [0.25, 0.3) is 0 Å². The van der Waals surface area contributed by atoms with Gasteiger partial charge in [-0.05, 0) is 48.7 Å². The van der Waals surface area contributed by atoms with Gasteiger partial charge in [0, 0.05) is 21.9 Å². The Labute approximate surface area is 98.0 Å². The van der Waals surface area contributed by atoms with Gasteiger partial charge in [-0.2, -0.15) is 0 Å². The number of hydrogen-bond acceptors (Lipinski definition) is 3. The second-order valence-corrected chi connectivity index (χ2v) is 5.97. The Bertz CT molecular complexity index is 278. The minimum atomic E-state index is -0.0439. The summed E-state index contributed by atoms with van der Waals surface area (Å²) in [5, 5.41) is 6.66. The van der Waals surface area contributed by atoms with Crippen LogP contribution in [-0.2, 0) is 0 Å². The molecule has 0 aliphatic heterocycles. The molecule has 4 heteroatoms. The van der Waals surface area contributed by atoms with Crippen LogP contribution in [0.4, 0.5) is 5.00 Å². The monoisotopic (exact) mass is 276 g/mol. The van der Waals surface area contributed by atoms with Gasteiger partial charge in [0.15, 0.2) is 0 Å². The summed E-state index contributed by atoms with van der Waals surface area (Å²) < 4.78 is 1.14. The lowest BCUT2D eigenvalue weighted by Crippen LogP contribution is -2.32. The molecule has 1 aromatic heterocycles. The van der Waals surface area contributed by atoms with Gasteiger partial charge in [-0.3, -0.25) is 0 Å². The molecule has 0 bridgehead atoms. The molecular formula is C10H17BrN2S. The fraction of sp³-hybridized carbons (Fsp3) is 0.600. The van der Waals surface area contributed by atoms with Crippen LogP contribution in [0.15, 0.2) is 15.9 Å². The van der Waals surface area contributed by atoms with E-state index in [4.69, 9.17) is 5.73 Å². The molecule has 0 saturated carbocycles. The number of anilines is 1. The van der Waals surface area contributed by atoms with Crippen LogP contribution in [-0.4, -0.2) is 12.1 Å². The Hall–Kier alpha value is -0.0600. The first-order chi connectivity index (χ1) is 6.47. The third-order valence-electron chi connectivity index (χ3n) is 1.86. The lowest BCUT2D eigenvalue weighted by molar-refractivity contribution is 0.466. The van der Waals surface area contributed by atoms with Crippen molar-refractivity contribution in [1.82, 2.24) is 0 Å². The molecule has 0 fully saturated rings. The summed E-state index contributed by atoms with van der Waals surface area (Å²) in [5.74, 6) is 0. The van der Waals surface area contributed by atoms with E-state index in [2.05, 4.69) is 46.5 Å². The molecule has 2 nitrogen and oxygen atoms in total. The third-order valence-corrected chi connectivity index (χ3v) is 3.51. The van der Waals surface area contributed by atoms with E-state index in [-0.39, 0.29) is 5.54 Å². The van der Waals surface area contributed by atoms with Crippen molar-refractivity contribution in [3.63, 3.8) is 0 Å². The molecule has 80 valence electrons. The summed E-state index contributed by atoms with van der Waals surface area (Å²) >= 11 is 5.14. The number of rotatable bonds is 5. The topological polar surface area (TPSA) is 38.0 Å². The summed E-state index contributed by atoms with van der Waals surface area (Å²) in [7, 11) is 0. The number of thiophene rings is 1. The van der Waals surface area contributed by atoms with Crippen LogP contribution < -0.4 is 11.1 Å². The van der Waals surface area contributed by atoms with E-state index in [0.717, 1.165) is 23.9 Å². The maximum absolute atomic E-state index is 5.89. The van der Waals surface area contributed by atoms with Crippen molar-refractivity contribution < 1.29 is 0 Å². The van der Waals surface area contributed by atoms with Gasteiger partial charge < -0.3 is 11.1 Å². The van der Waals surface area contributed by atoms with Gasteiger partial charge in [0.1, 0.15) is 0 Å². The van der Waals surface area contributed by atoms with E-state index in [1.54, 1.807) is 11.3 Å². The van der Waals surface area contributed by atoms with Crippen LogP contribution in [0, 0.1) is 0 Å². The van der Waals surface area contributed by atoms with Gasteiger partial charge in [0.25, 0.3) is 0 Å². The molecule has 0 atom stereocenters. The second-order valence-electron chi connectivity index (χ2n) is 4.15. The summed E-state index contributed by atoms with van der Waals surface area (Å²) in [6.45, 7) is 5.12. The summed E-state index contributed by atoms with van der Waals surface area (Å²) in [6, 6.07) is 2.10. The Morgan fingerprint density at radius 1 is 1.57 bits per heavy atom. The normalized spacial score (nSPS) is 11.7. The smallest absolute Gasteiger partial charge is 0.0894 e. The van der Waals surface area contributed by atoms with E-state index in [1.165, 1.54) is 5.00 Å². The maximum atomic E-state index is 5.89. The number of hydrogen-bond donors (Lipinski definition) is 2. The number of nitrogens with two attached hydrogens (primary N) is 1. The zero-order valence-corrected chi connectivity index (χ0v) is 11.0. The van der Waals surface area contributed by atoms with Crippen LogP contribution in [0.2, 0.25) is 0 Å². The fourth-order valence-electron chi connectivity index (χ4n) is 1.16. The van der Waals surface area contributed by atoms with Crippen molar-refractivity contribution >= 4 is 32.3 Å². The lowest BCUT2D eigenvalue weighted by Gasteiger charge is -2.17. The molecule has 0 saturated heterocycles. The predicted octanol–water partition coefficient (Wildman–Crippen LogP) is 3.44. The number of nitrogens with one attached hydrogen (secondary N) is 1. The molecule has 0 amide bonds. The van der Waals surface area contributed by atoms with Gasteiger partial charge >= 0.3 is 0 Å². The molecule has 1 rings (SSSR count). The van der Waals surface area contributed by atoms with Gasteiger partial charge in [0.05, 0.1) is 5.00 Å². The average molecular weight is 277 g/mol. The van der Waals surface area contributed by atoms with Crippen molar-refractivity contribution in [2.45, 2.75) is 32.2 Å². The van der Waals surface area contributed by atoms with Crippen molar-refractivity contribution in [3.05, 3.63) is 15.9 Å². The molecule has 1 aromatic rings. The van der Waals surface area contributed by atoms with Crippen molar-refractivity contribution in [2.75, 3.05) is 11.9 Å². The molecule has 3 N–H and O–H groups in total. The molecule has 1 heterocycles. The fourth-order valence-corrected chi connectivity index (χ4v) is 2.51. The zero-order chi connectivity index (χ0) is 10.6. The highest BCUT2D eigenvalue weighted by Crippen LogP contribution is 2.24. The van der Waals surface area contributed by atoms with Crippen molar-refractivity contribution in [2.24, 2.45) is 5.73 Å². The van der Waals surface area contributed by atoms with E-state index in [0.29, 0.717) is 0 Å². The molecule has 14 heavy (non-hydrogen) atoms. The minimum Gasteiger partial charge on any atom is -0.377 e. The van der Waals surface area contributed by atoms with E-state index < -0.39 is 0 Å². The Balaban J connectivity index is 2.16. The number of halogens is 1.